The number of ether oxygens (including phenoxy) is 2. The number of nitrogens with zero attached hydrogens (tertiary/aromatic N) is 1. The fourth-order valence-corrected chi connectivity index (χ4v) is 5.85. The Balaban J connectivity index is 4.63. The summed E-state index contributed by atoms with van der Waals surface area (Å²) < 4.78 is 33.7. The molecule has 0 amide bonds. The van der Waals surface area contributed by atoms with E-state index in [1.54, 1.807) is 12.2 Å². The van der Waals surface area contributed by atoms with E-state index in [2.05, 4.69) is 74.6 Å². The predicted molar refractivity (Wildman–Crippen MR) is 232 cm³/mol. The Morgan fingerprint density at radius 2 is 1.23 bits per heavy atom. The molecule has 0 saturated carbocycles. The van der Waals surface area contributed by atoms with Crippen molar-refractivity contribution in [3.63, 3.8) is 0 Å². The van der Waals surface area contributed by atoms with Gasteiger partial charge in [-0.1, -0.05) is 131 Å². The van der Waals surface area contributed by atoms with E-state index < -0.39 is 38.6 Å². The lowest BCUT2D eigenvalue weighted by Crippen LogP contribution is -2.37. The number of carbonyl (C=O) groups excluding carboxylic acids is 2. The molecule has 0 aliphatic rings. The molecule has 3 atom stereocenters. The molecule has 0 fully saturated rings. The second-order valence-corrected chi connectivity index (χ2v) is 16.6. The number of quaternary nitrogens is 1. The first-order valence-electron chi connectivity index (χ1n) is 21.4. The second-order valence-electron chi connectivity index (χ2n) is 15.2. The van der Waals surface area contributed by atoms with Gasteiger partial charge in [0, 0.05) is 12.8 Å². The summed E-state index contributed by atoms with van der Waals surface area (Å²) in [4.78, 5) is 37.5. The third-order valence-corrected chi connectivity index (χ3v) is 9.47. The van der Waals surface area contributed by atoms with Gasteiger partial charge in [0.15, 0.2) is 6.10 Å². The summed E-state index contributed by atoms with van der Waals surface area (Å²) in [5.74, 6) is -1.07. The lowest BCUT2D eigenvalue weighted by molar-refractivity contribution is -0.870. The minimum absolute atomic E-state index is 0.0136. The highest BCUT2D eigenvalue weighted by Gasteiger charge is 2.22. The number of likely N-dealkylation sites (N-methyl/N-ethyl adjacent to an activating group) is 1. The van der Waals surface area contributed by atoms with Crippen LogP contribution in [0.15, 0.2) is 85.1 Å². The zero-order chi connectivity index (χ0) is 42.3. The summed E-state index contributed by atoms with van der Waals surface area (Å²) in [6.07, 6.45) is 43.6. The van der Waals surface area contributed by atoms with Crippen LogP contribution in [0.4, 0.5) is 0 Å². The van der Waals surface area contributed by atoms with Gasteiger partial charge in [0.1, 0.15) is 19.8 Å². The molecule has 0 saturated heterocycles. The summed E-state index contributed by atoms with van der Waals surface area (Å²) in [5, 5.41) is 10.3. The number of esters is 2. The number of unbranched alkanes of at least 4 members (excludes halogenated alkanes) is 8. The van der Waals surface area contributed by atoms with E-state index in [9.17, 15) is 24.2 Å². The van der Waals surface area contributed by atoms with Crippen LogP contribution in [-0.2, 0) is 32.7 Å². The fourth-order valence-electron chi connectivity index (χ4n) is 5.12. The second kappa shape index (κ2) is 37.4. The van der Waals surface area contributed by atoms with Gasteiger partial charge in [-0.3, -0.25) is 14.2 Å². The van der Waals surface area contributed by atoms with Gasteiger partial charge in [-0.05, 0) is 77.0 Å². The number of hydrogen-bond acceptors (Lipinski definition) is 9. The number of phosphoric acid groups is 1. The molecule has 0 aromatic carbocycles. The highest BCUT2D eigenvalue weighted by molar-refractivity contribution is 7.45. The highest BCUT2D eigenvalue weighted by atomic mass is 31.2. The average Bonchev–Trinajstić information content (AvgIpc) is 3.15. The highest BCUT2D eigenvalue weighted by Crippen LogP contribution is 2.38. The van der Waals surface area contributed by atoms with E-state index in [0.29, 0.717) is 30.3 Å². The van der Waals surface area contributed by atoms with E-state index in [0.717, 1.165) is 70.6 Å². The maximum Gasteiger partial charge on any atom is 0.306 e. The number of hydrogen-bond donors (Lipinski definition) is 1. The van der Waals surface area contributed by atoms with Gasteiger partial charge in [-0.2, -0.15) is 0 Å². The molecule has 0 bridgehead atoms. The fraction of sp³-hybridized carbons (Fsp3) is 0.652. The van der Waals surface area contributed by atoms with Crippen molar-refractivity contribution >= 4 is 19.8 Å². The Morgan fingerprint density at radius 1 is 0.667 bits per heavy atom. The van der Waals surface area contributed by atoms with Crippen LogP contribution in [0.3, 0.4) is 0 Å². The largest absolute Gasteiger partial charge is 0.756 e. The van der Waals surface area contributed by atoms with E-state index in [-0.39, 0.29) is 26.1 Å². The van der Waals surface area contributed by atoms with Crippen molar-refractivity contribution < 1.29 is 47.2 Å². The number of allylic oxidation sites excluding steroid dienone is 13. The number of rotatable bonds is 37. The molecule has 326 valence electrons. The van der Waals surface area contributed by atoms with E-state index in [1.807, 2.05) is 33.3 Å². The molecule has 10 nitrogen and oxygen atoms in total. The van der Waals surface area contributed by atoms with Crippen molar-refractivity contribution in [2.45, 2.75) is 148 Å². The van der Waals surface area contributed by atoms with Crippen molar-refractivity contribution in [1.29, 1.82) is 0 Å². The first kappa shape index (κ1) is 54.2. The third-order valence-electron chi connectivity index (χ3n) is 8.50. The maximum atomic E-state index is 12.7. The number of carbonyl (C=O) groups is 2. The molecular weight excluding hydrogens is 741 g/mol. The average molecular weight is 820 g/mol. The minimum Gasteiger partial charge on any atom is -0.756 e. The zero-order valence-electron chi connectivity index (χ0n) is 36.1. The molecule has 1 N–H and O–H groups in total. The smallest absolute Gasteiger partial charge is 0.306 e. The third kappa shape index (κ3) is 41.1. The van der Waals surface area contributed by atoms with Crippen molar-refractivity contribution in [3.05, 3.63) is 85.1 Å². The predicted octanol–water partition coefficient (Wildman–Crippen LogP) is 10.4. The first-order valence-corrected chi connectivity index (χ1v) is 22.9. The van der Waals surface area contributed by atoms with Gasteiger partial charge < -0.3 is 33.0 Å². The van der Waals surface area contributed by atoms with Crippen molar-refractivity contribution in [3.8, 4) is 0 Å². The molecule has 11 heteroatoms. The van der Waals surface area contributed by atoms with E-state index >= 15 is 0 Å². The van der Waals surface area contributed by atoms with Gasteiger partial charge >= 0.3 is 11.9 Å². The number of aliphatic hydroxyl groups excluding tert-OH is 1. The monoisotopic (exact) mass is 820 g/mol. The molecule has 2 unspecified atom stereocenters. The maximum absolute atomic E-state index is 12.7. The molecule has 57 heavy (non-hydrogen) atoms. The molecular formula is C46H78NO9P. The Hall–Kier alpha value is -2.85. The van der Waals surface area contributed by atoms with Gasteiger partial charge in [-0.15, -0.1) is 0 Å². The molecule has 0 heterocycles. The quantitative estimate of drug-likeness (QED) is 0.0162. The Morgan fingerprint density at radius 3 is 1.86 bits per heavy atom. The molecule has 0 aliphatic heterocycles. The van der Waals surface area contributed by atoms with Gasteiger partial charge in [0.05, 0.1) is 33.9 Å². The van der Waals surface area contributed by atoms with E-state index in [4.69, 9.17) is 18.5 Å². The molecule has 0 aliphatic carbocycles. The number of aliphatic hydroxyl groups is 1. The minimum atomic E-state index is -4.69. The molecule has 0 radical (unpaired) electrons. The lowest BCUT2D eigenvalue weighted by Gasteiger charge is -2.28. The van der Waals surface area contributed by atoms with Crippen LogP contribution in [0.25, 0.3) is 0 Å². The molecule has 0 aromatic rings. The van der Waals surface area contributed by atoms with Crippen LogP contribution in [0.2, 0.25) is 0 Å². The van der Waals surface area contributed by atoms with Crippen molar-refractivity contribution in [2.24, 2.45) is 0 Å². The Bertz CT molecular complexity index is 1260. The topological polar surface area (TPSA) is 131 Å². The Labute approximate surface area is 346 Å². The molecule has 0 rings (SSSR count). The van der Waals surface area contributed by atoms with Gasteiger partial charge in [-0.25, -0.2) is 0 Å². The van der Waals surface area contributed by atoms with Gasteiger partial charge in [0.2, 0.25) is 0 Å². The first-order chi connectivity index (χ1) is 27.4. The normalized spacial score (nSPS) is 15.0. The summed E-state index contributed by atoms with van der Waals surface area (Å²) in [7, 11) is 1.02. The Kier molecular flexibility index (Phi) is 35.6. The molecule has 0 spiro atoms. The van der Waals surface area contributed by atoms with Crippen LogP contribution in [0.1, 0.15) is 136 Å². The van der Waals surface area contributed by atoms with Crippen LogP contribution in [0, 0.1) is 0 Å². The summed E-state index contributed by atoms with van der Waals surface area (Å²) in [6, 6.07) is 0. The standard InChI is InChI=1S/C46H78NO9P/c1-6-8-10-12-14-16-18-20-21-23-25-27-29-31-33-37-45(49)53-41-44(42-55-57(51,52)54-40-39-47(3,4)5)56-46(50)38-34-36-43(48)35-32-30-28-26-24-22-19-17-15-13-11-9-7-2/h9,11,14-17,20-22,24,28,30,32,35,43-44,48H,6-8,10,12-13,18-19,23,25-27,29,31,33-34,36-42H2,1-5H3/b11-9-,16-14-,17-15-,21-20-,24-22-,30-28-,35-32+/t43?,44-/m1/s1. The SMILES string of the molecule is CC/C=C\C/C=C\C/C=C\C/C=C\C=C\C(O)CCCC(=O)O[C@H](COC(=O)CCCCCCC/C=C\C/C=C\CCCCC)COP(=O)([O-])OCC[N+](C)(C)C. The van der Waals surface area contributed by atoms with Crippen LogP contribution >= 0.6 is 7.82 Å². The number of phosphoric ester groups is 1. The van der Waals surface area contributed by atoms with Gasteiger partial charge in [0.25, 0.3) is 7.82 Å². The zero-order valence-corrected chi connectivity index (χ0v) is 37.0. The van der Waals surface area contributed by atoms with Crippen LogP contribution in [-0.4, -0.2) is 81.2 Å². The molecule has 0 aromatic heterocycles. The van der Waals surface area contributed by atoms with Crippen molar-refractivity contribution in [2.75, 3.05) is 47.5 Å². The summed E-state index contributed by atoms with van der Waals surface area (Å²) in [6.45, 7) is 3.81. The lowest BCUT2D eigenvalue weighted by atomic mass is 10.1. The van der Waals surface area contributed by atoms with E-state index in [1.165, 1.54) is 19.3 Å². The van der Waals surface area contributed by atoms with Crippen LogP contribution < -0.4 is 4.89 Å². The van der Waals surface area contributed by atoms with Crippen molar-refractivity contribution in [1.82, 2.24) is 0 Å². The summed E-state index contributed by atoms with van der Waals surface area (Å²) in [5.41, 5.74) is 0. The summed E-state index contributed by atoms with van der Waals surface area (Å²) >= 11 is 0. The van der Waals surface area contributed by atoms with Crippen LogP contribution in [0.5, 0.6) is 0 Å².